The van der Waals surface area contributed by atoms with E-state index in [1.54, 1.807) is 17.8 Å². The Labute approximate surface area is 204 Å². The average Bonchev–Trinajstić information content (AvgIpc) is 3.50. The molecular formula is C26H23F3N6O. The van der Waals surface area contributed by atoms with Crippen molar-refractivity contribution in [3.8, 4) is 5.69 Å². The number of carbonyl (C=O) groups excluding carboxylic acids is 1. The van der Waals surface area contributed by atoms with Crippen LogP contribution in [-0.2, 0) is 26.7 Å². The predicted molar refractivity (Wildman–Crippen MR) is 129 cm³/mol. The minimum absolute atomic E-state index is 0.0965. The van der Waals surface area contributed by atoms with E-state index in [0.717, 1.165) is 58.9 Å². The van der Waals surface area contributed by atoms with Crippen LogP contribution in [0.1, 0.15) is 46.1 Å². The maximum atomic E-state index is 13.3. The summed E-state index contributed by atoms with van der Waals surface area (Å²) in [6.07, 6.45) is 2.04. The quantitative estimate of drug-likeness (QED) is 0.382. The lowest BCUT2D eigenvalue weighted by molar-refractivity contribution is -0.137. The number of amides is 1. The molecule has 184 valence electrons. The molecule has 36 heavy (non-hydrogen) atoms. The van der Waals surface area contributed by atoms with E-state index in [0.29, 0.717) is 16.9 Å². The summed E-state index contributed by atoms with van der Waals surface area (Å²) in [5.41, 5.74) is 3.93. The van der Waals surface area contributed by atoms with Crippen LogP contribution < -0.4 is 5.32 Å². The molecular weight excluding hydrogens is 469 g/mol. The van der Waals surface area contributed by atoms with Crippen LogP contribution in [0.3, 0.4) is 0 Å². The van der Waals surface area contributed by atoms with Crippen LogP contribution in [0.2, 0.25) is 0 Å². The number of aryl methyl sites for hydroxylation is 2. The molecule has 0 bridgehead atoms. The van der Waals surface area contributed by atoms with Gasteiger partial charge in [-0.15, -0.1) is 0 Å². The summed E-state index contributed by atoms with van der Waals surface area (Å²) in [6.45, 7) is 0. The highest BCUT2D eigenvalue weighted by Gasteiger charge is 2.30. The molecule has 0 fully saturated rings. The van der Waals surface area contributed by atoms with Gasteiger partial charge in [-0.25, -0.2) is 0 Å². The van der Waals surface area contributed by atoms with Gasteiger partial charge in [-0.05, 0) is 61.7 Å². The standard InChI is InChI=1S/C26H23F3N6O/c1-33-14-20-18-12-15(25(36)31-21-4-3-5-22-19(21)13-30-34(22)2)6-11-23(18)35(24(20)32-33)17-9-7-16(8-10-17)26(27,28)29/h6-14,21H,3-5H2,1-2H3,(H,31,36). The van der Waals surface area contributed by atoms with Crippen LogP contribution in [0.5, 0.6) is 0 Å². The van der Waals surface area contributed by atoms with Crippen LogP contribution in [0, 0.1) is 0 Å². The third-order valence-corrected chi connectivity index (χ3v) is 6.94. The molecule has 1 aliphatic carbocycles. The molecule has 1 N–H and O–H groups in total. The third-order valence-electron chi connectivity index (χ3n) is 6.94. The summed E-state index contributed by atoms with van der Waals surface area (Å²) in [5, 5.41) is 13.7. The van der Waals surface area contributed by atoms with Crippen LogP contribution in [0.25, 0.3) is 27.6 Å². The van der Waals surface area contributed by atoms with Crippen molar-refractivity contribution >= 4 is 27.8 Å². The van der Waals surface area contributed by atoms with Crippen molar-refractivity contribution < 1.29 is 18.0 Å². The van der Waals surface area contributed by atoms with Gasteiger partial charge >= 0.3 is 6.18 Å². The predicted octanol–water partition coefficient (Wildman–Crippen LogP) is 5.08. The number of nitrogens with one attached hydrogen (secondary N) is 1. The van der Waals surface area contributed by atoms with Crippen molar-refractivity contribution in [2.45, 2.75) is 31.5 Å². The molecule has 5 aromatic rings. The van der Waals surface area contributed by atoms with E-state index >= 15 is 0 Å². The normalized spacial score (nSPS) is 16.0. The molecule has 0 saturated heterocycles. The lowest BCUT2D eigenvalue weighted by Crippen LogP contribution is -2.30. The van der Waals surface area contributed by atoms with Gasteiger partial charge in [0.15, 0.2) is 5.65 Å². The molecule has 2 aromatic carbocycles. The number of rotatable bonds is 3. The fourth-order valence-corrected chi connectivity index (χ4v) is 5.19. The number of nitrogens with zero attached hydrogens (tertiary/aromatic N) is 5. The van der Waals surface area contributed by atoms with E-state index in [9.17, 15) is 18.0 Å². The smallest absolute Gasteiger partial charge is 0.345 e. The van der Waals surface area contributed by atoms with Crippen LogP contribution >= 0.6 is 0 Å². The summed E-state index contributed by atoms with van der Waals surface area (Å²) in [5.74, 6) is -0.182. The Morgan fingerprint density at radius 3 is 2.61 bits per heavy atom. The van der Waals surface area contributed by atoms with Crippen molar-refractivity contribution in [3.63, 3.8) is 0 Å². The Morgan fingerprint density at radius 2 is 1.86 bits per heavy atom. The third kappa shape index (κ3) is 3.55. The summed E-state index contributed by atoms with van der Waals surface area (Å²) in [7, 11) is 3.70. The maximum Gasteiger partial charge on any atom is 0.416 e. The number of benzene rings is 2. The van der Waals surface area contributed by atoms with Gasteiger partial charge in [-0.3, -0.25) is 18.7 Å². The lowest BCUT2D eigenvalue weighted by Gasteiger charge is -2.23. The minimum Gasteiger partial charge on any atom is -0.345 e. The highest BCUT2D eigenvalue weighted by Crippen LogP contribution is 2.35. The number of fused-ring (bicyclic) bond motifs is 4. The van der Waals surface area contributed by atoms with Crippen LogP contribution in [0.15, 0.2) is 54.9 Å². The number of hydrogen-bond donors (Lipinski definition) is 1. The van der Waals surface area contributed by atoms with E-state index in [4.69, 9.17) is 0 Å². The largest absolute Gasteiger partial charge is 0.416 e. The topological polar surface area (TPSA) is 69.7 Å². The molecule has 1 atom stereocenters. The van der Waals surface area contributed by atoms with Gasteiger partial charge in [-0.2, -0.15) is 23.4 Å². The Balaban J connectivity index is 1.39. The van der Waals surface area contributed by atoms with Crippen LogP contribution in [-0.4, -0.2) is 30.0 Å². The van der Waals surface area contributed by atoms with E-state index in [1.807, 2.05) is 40.8 Å². The first-order chi connectivity index (χ1) is 17.2. The molecule has 7 nitrogen and oxygen atoms in total. The van der Waals surface area contributed by atoms with E-state index in [-0.39, 0.29) is 11.9 Å². The zero-order valence-electron chi connectivity index (χ0n) is 19.7. The van der Waals surface area contributed by atoms with Crippen molar-refractivity contribution in [2.75, 3.05) is 0 Å². The van der Waals surface area contributed by atoms with E-state index < -0.39 is 11.7 Å². The van der Waals surface area contributed by atoms with E-state index in [2.05, 4.69) is 15.5 Å². The number of alkyl halides is 3. The average molecular weight is 493 g/mol. The molecule has 0 spiro atoms. The molecule has 0 aliphatic heterocycles. The van der Waals surface area contributed by atoms with Crippen molar-refractivity contribution in [3.05, 3.63) is 77.2 Å². The first-order valence-corrected chi connectivity index (χ1v) is 11.7. The summed E-state index contributed by atoms with van der Waals surface area (Å²) < 4.78 is 44.6. The second-order valence-electron chi connectivity index (χ2n) is 9.24. The number of aromatic nitrogens is 5. The monoisotopic (exact) mass is 492 g/mol. The Bertz CT molecular complexity index is 1620. The van der Waals surface area contributed by atoms with E-state index in [1.165, 1.54) is 12.1 Å². The maximum absolute atomic E-state index is 13.3. The zero-order chi connectivity index (χ0) is 25.2. The minimum atomic E-state index is -4.41. The van der Waals surface area contributed by atoms with Gasteiger partial charge in [0.25, 0.3) is 5.91 Å². The van der Waals surface area contributed by atoms with Crippen LogP contribution in [0.4, 0.5) is 13.2 Å². The summed E-state index contributed by atoms with van der Waals surface area (Å²) in [4.78, 5) is 13.3. The molecule has 3 aromatic heterocycles. The Hall–Kier alpha value is -4.08. The first-order valence-electron chi connectivity index (χ1n) is 11.7. The highest BCUT2D eigenvalue weighted by atomic mass is 19.4. The summed E-state index contributed by atoms with van der Waals surface area (Å²) >= 11 is 0. The SMILES string of the molecule is Cn1cc2c3cc(C(=O)NC4CCCc5c4cnn5C)ccc3n(-c3ccc(C(F)(F)F)cc3)c2n1. The molecule has 1 aliphatic rings. The van der Waals surface area contributed by atoms with Crippen molar-refractivity contribution in [1.82, 2.24) is 29.4 Å². The number of hydrogen-bond acceptors (Lipinski definition) is 3. The van der Waals surface area contributed by atoms with Gasteiger partial charge in [-0.1, -0.05) is 0 Å². The molecule has 10 heteroatoms. The zero-order valence-corrected chi connectivity index (χ0v) is 19.7. The molecule has 0 radical (unpaired) electrons. The first kappa shape index (κ1) is 22.4. The van der Waals surface area contributed by atoms with Gasteiger partial charge in [0.05, 0.1) is 23.3 Å². The molecule has 1 amide bonds. The van der Waals surface area contributed by atoms with Crippen molar-refractivity contribution in [1.29, 1.82) is 0 Å². The molecule has 3 heterocycles. The van der Waals surface area contributed by atoms with Gasteiger partial charge in [0, 0.05) is 53.6 Å². The molecule has 6 rings (SSSR count). The fraction of sp³-hybridized carbons (Fsp3) is 0.269. The van der Waals surface area contributed by atoms with Crippen molar-refractivity contribution in [2.24, 2.45) is 14.1 Å². The Morgan fingerprint density at radius 1 is 1.08 bits per heavy atom. The molecule has 1 unspecified atom stereocenters. The fourth-order valence-electron chi connectivity index (χ4n) is 5.19. The lowest BCUT2D eigenvalue weighted by atomic mass is 9.92. The highest BCUT2D eigenvalue weighted by molar-refractivity contribution is 6.10. The number of carbonyl (C=O) groups is 1. The van der Waals surface area contributed by atoms with Gasteiger partial charge in [0.2, 0.25) is 0 Å². The second kappa shape index (κ2) is 7.97. The Kier molecular flexibility index (Phi) is 4.96. The second-order valence-corrected chi connectivity index (χ2v) is 9.24. The summed E-state index contributed by atoms with van der Waals surface area (Å²) in [6, 6.07) is 10.3. The number of halogens is 3. The van der Waals surface area contributed by atoms with Gasteiger partial charge < -0.3 is 5.32 Å². The van der Waals surface area contributed by atoms with Gasteiger partial charge in [0.1, 0.15) is 0 Å². The molecule has 0 saturated carbocycles.